The number of benzene rings is 1. The summed E-state index contributed by atoms with van der Waals surface area (Å²) in [6.07, 6.45) is 2.08. The molecule has 21 heavy (non-hydrogen) atoms. The topological polar surface area (TPSA) is 38.1 Å². The van der Waals surface area contributed by atoms with Gasteiger partial charge in [0.15, 0.2) is 0 Å². The largest absolute Gasteiger partial charge is 0.333 e. The minimum atomic E-state index is 0.133. The second-order valence-electron chi connectivity index (χ2n) is 6.33. The maximum absolute atomic E-state index is 11.9. The highest BCUT2D eigenvalue weighted by molar-refractivity contribution is 5.77. The van der Waals surface area contributed by atoms with Crippen LogP contribution in [0.3, 0.4) is 0 Å². The van der Waals surface area contributed by atoms with Crippen molar-refractivity contribution in [2.45, 2.75) is 46.2 Å². The molecular formula is C17H23N3O. The van der Waals surface area contributed by atoms with Crippen LogP contribution in [0, 0.1) is 5.92 Å². The van der Waals surface area contributed by atoms with E-state index in [1.807, 2.05) is 11.0 Å². The SMILES string of the molecule is CC(=O)N1CCC[C@@H]1c1nc2ccccc2n1CC(C)C. The van der Waals surface area contributed by atoms with Gasteiger partial charge in [0.25, 0.3) is 0 Å². The number of amides is 1. The molecule has 1 aromatic heterocycles. The van der Waals surface area contributed by atoms with Gasteiger partial charge in [-0.05, 0) is 30.9 Å². The van der Waals surface area contributed by atoms with Crippen molar-refractivity contribution in [1.82, 2.24) is 14.5 Å². The fourth-order valence-electron chi connectivity index (χ4n) is 3.32. The van der Waals surface area contributed by atoms with E-state index in [9.17, 15) is 4.79 Å². The van der Waals surface area contributed by atoms with E-state index >= 15 is 0 Å². The van der Waals surface area contributed by atoms with Crippen molar-refractivity contribution in [2.75, 3.05) is 6.54 Å². The van der Waals surface area contributed by atoms with Crippen LogP contribution in [0.1, 0.15) is 45.5 Å². The predicted molar refractivity (Wildman–Crippen MR) is 83.9 cm³/mol. The Labute approximate surface area is 125 Å². The minimum Gasteiger partial charge on any atom is -0.333 e. The third-order valence-electron chi connectivity index (χ3n) is 4.19. The number of para-hydroxylation sites is 2. The molecule has 1 amide bonds. The highest BCUT2D eigenvalue weighted by Gasteiger charge is 2.32. The molecule has 4 heteroatoms. The summed E-state index contributed by atoms with van der Waals surface area (Å²) in [5.41, 5.74) is 2.21. The maximum Gasteiger partial charge on any atom is 0.220 e. The molecule has 112 valence electrons. The van der Waals surface area contributed by atoms with Gasteiger partial charge in [-0.1, -0.05) is 26.0 Å². The lowest BCUT2D eigenvalue weighted by molar-refractivity contribution is -0.129. The van der Waals surface area contributed by atoms with Gasteiger partial charge >= 0.3 is 0 Å². The normalized spacial score (nSPS) is 18.9. The van der Waals surface area contributed by atoms with E-state index in [1.165, 1.54) is 5.52 Å². The van der Waals surface area contributed by atoms with Crippen molar-refractivity contribution in [2.24, 2.45) is 5.92 Å². The molecule has 0 unspecified atom stereocenters. The van der Waals surface area contributed by atoms with E-state index < -0.39 is 0 Å². The number of rotatable bonds is 3. The first-order valence-electron chi connectivity index (χ1n) is 7.80. The number of likely N-dealkylation sites (tertiary alicyclic amines) is 1. The van der Waals surface area contributed by atoms with Crippen molar-refractivity contribution in [1.29, 1.82) is 0 Å². The molecule has 1 atom stereocenters. The first-order chi connectivity index (χ1) is 10.1. The second-order valence-corrected chi connectivity index (χ2v) is 6.33. The van der Waals surface area contributed by atoms with Crippen LogP contribution >= 0.6 is 0 Å². The molecule has 1 aromatic carbocycles. The molecule has 2 aromatic rings. The van der Waals surface area contributed by atoms with Crippen molar-refractivity contribution < 1.29 is 4.79 Å². The van der Waals surface area contributed by atoms with Gasteiger partial charge in [0.1, 0.15) is 5.82 Å². The molecule has 2 heterocycles. The molecule has 1 aliphatic heterocycles. The predicted octanol–water partition coefficient (Wildman–Crippen LogP) is 3.38. The lowest BCUT2D eigenvalue weighted by Gasteiger charge is -2.24. The Morgan fingerprint density at radius 1 is 1.38 bits per heavy atom. The Morgan fingerprint density at radius 3 is 2.86 bits per heavy atom. The average Bonchev–Trinajstić information content (AvgIpc) is 3.03. The van der Waals surface area contributed by atoms with Crippen LogP contribution in [0.15, 0.2) is 24.3 Å². The van der Waals surface area contributed by atoms with Gasteiger partial charge < -0.3 is 9.47 Å². The summed E-state index contributed by atoms with van der Waals surface area (Å²) in [6.45, 7) is 7.89. The zero-order valence-electron chi connectivity index (χ0n) is 13.0. The summed E-state index contributed by atoms with van der Waals surface area (Å²) >= 11 is 0. The average molecular weight is 285 g/mol. The first kappa shape index (κ1) is 14.1. The Balaban J connectivity index is 2.10. The summed E-state index contributed by atoms with van der Waals surface area (Å²) in [5, 5.41) is 0. The van der Waals surface area contributed by atoms with Gasteiger partial charge in [0.05, 0.1) is 17.1 Å². The third kappa shape index (κ3) is 2.55. The van der Waals surface area contributed by atoms with Crippen molar-refractivity contribution in [3.8, 4) is 0 Å². The minimum absolute atomic E-state index is 0.133. The Morgan fingerprint density at radius 2 is 2.14 bits per heavy atom. The summed E-state index contributed by atoms with van der Waals surface area (Å²) in [7, 11) is 0. The van der Waals surface area contributed by atoms with Crippen LogP contribution in [0.5, 0.6) is 0 Å². The number of hydrogen-bond acceptors (Lipinski definition) is 2. The van der Waals surface area contributed by atoms with Gasteiger partial charge in [-0.2, -0.15) is 0 Å². The molecule has 0 bridgehead atoms. The number of aromatic nitrogens is 2. The van der Waals surface area contributed by atoms with E-state index in [4.69, 9.17) is 4.98 Å². The molecular weight excluding hydrogens is 262 g/mol. The number of hydrogen-bond donors (Lipinski definition) is 0. The number of carbonyl (C=O) groups is 1. The Hall–Kier alpha value is -1.84. The van der Waals surface area contributed by atoms with E-state index in [-0.39, 0.29) is 11.9 Å². The van der Waals surface area contributed by atoms with Crippen LogP contribution in [0.4, 0.5) is 0 Å². The molecule has 1 saturated heterocycles. The van der Waals surface area contributed by atoms with Crippen molar-refractivity contribution >= 4 is 16.9 Å². The van der Waals surface area contributed by atoms with Crippen LogP contribution in [0.25, 0.3) is 11.0 Å². The fraction of sp³-hybridized carbons (Fsp3) is 0.529. The van der Waals surface area contributed by atoms with Gasteiger partial charge in [-0.15, -0.1) is 0 Å². The van der Waals surface area contributed by atoms with Crippen LogP contribution in [-0.4, -0.2) is 26.9 Å². The zero-order chi connectivity index (χ0) is 15.0. The number of nitrogens with zero attached hydrogens (tertiary/aromatic N) is 3. The monoisotopic (exact) mass is 285 g/mol. The van der Waals surface area contributed by atoms with Crippen molar-refractivity contribution in [3.63, 3.8) is 0 Å². The molecule has 1 aliphatic rings. The van der Waals surface area contributed by atoms with E-state index in [1.54, 1.807) is 6.92 Å². The quantitative estimate of drug-likeness (QED) is 0.867. The van der Waals surface area contributed by atoms with Crippen LogP contribution in [0.2, 0.25) is 0 Å². The smallest absolute Gasteiger partial charge is 0.220 e. The zero-order valence-corrected chi connectivity index (χ0v) is 13.0. The highest BCUT2D eigenvalue weighted by atomic mass is 16.2. The molecule has 0 spiro atoms. The fourth-order valence-corrected chi connectivity index (χ4v) is 3.32. The van der Waals surface area contributed by atoms with Crippen LogP contribution in [-0.2, 0) is 11.3 Å². The van der Waals surface area contributed by atoms with Gasteiger partial charge in [0, 0.05) is 20.0 Å². The number of carbonyl (C=O) groups excluding carboxylic acids is 1. The Kier molecular flexibility index (Phi) is 3.70. The Bertz CT molecular complexity index is 659. The third-order valence-corrected chi connectivity index (χ3v) is 4.19. The molecule has 0 radical (unpaired) electrons. The highest BCUT2D eigenvalue weighted by Crippen LogP contribution is 2.33. The molecule has 0 N–H and O–H groups in total. The summed E-state index contributed by atoms with van der Waals surface area (Å²) < 4.78 is 2.31. The second kappa shape index (κ2) is 5.51. The lowest BCUT2D eigenvalue weighted by atomic mass is 10.1. The van der Waals surface area contributed by atoms with Crippen LogP contribution < -0.4 is 0 Å². The molecule has 0 saturated carbocycles. The van der Waals surface area contributed by atoms with Gasteiger partial charge in [0.2, 0.25) is 5.91 Å². The molecule has 3 rings (SSSR count). The molecule has 1 fully saturated rings. The number of fused-ring (bicyclic) bond motifs is 1. The molecule has 4 nitrogen and oxygen atoms in total. The van der Waals surface area contributed by atoms with E-state index in [2.05, 4.69) is 36.6 Å². The standard InChI is InChI=1S/C17H23N3O/c1-12(2)11-20-15-8-5-4-7-14(15)18-17(20)16-9-6-10-19(16)13(3)21/h4-5,7-8,12,16H,6,9-11H2,1-3H3/t16-/m1/s1. The van der Waals surface area contributed by atoms with E-state index in [0.29, 0.717) is 5.92 Å². The summed E-state index contributed by atoms with van der Waals surface area (Å²) in [6, 6.07) is 8.40. The lowest BCUT2D eigenvalue weighted by Crippen LogP contribution is -2.30. The van der Waals surface area contributed by atoms with Gasteiger partial charge in [-0.25, -0.2) is 4.98 Å². The summed E-state index contributed by atoms with van der Waals surface area (Å²) in [5.74, 6) is 1.76. The maximum atomic E-state index is 11.9. The molecule has 0 aliphatic carbocycles. The van der Waals surface area contributed by atoms with Gasteiger partial charge in [-0.3, -0.25) is 4.79 Å². The summed E-state index contributed by atoms with van der Waals surface area (Å²) in [4.78, 5) is 18.7. The first-order valence-corrected chi connectivity index (χ1v) is 7.80. The van der Waals surface area contributed by atoms with E-state index in [0.717, 1.165) is 37.3 Å². The number of imidazole rings is 1. The van der Waals surface area contributed by atoms with Crippen molar-refractivity contribution in [3.05, 3.63) is 30.1 Å².